The summed E-state index contributed by atoms with van der Waals surface area (Å²) in [6, 6.07) is 2.88. The highest BCUT2D eigenvalue weighted by Crippen LogP contribution is 2.13. The SMILES string of the molecule is [N-]=[N+]=NCCCNC(C(N)=O)c1ccc(Br)cn1. The summed E-state index contributed by atoms with van der Waals surface area (Å²) in [4.78, 5) is 18.1. The molecule has 0 aliphatic rings. The molecule has 0 aromatic carbocycles. The van der Waals surface area contributed by atoms with Crippen molar-refractivity contribution in [2.75, 3.05) is 13.1 Å². The predicted molar refractivity (Wildman–Crippen MR) is 70.5 cm³/mol. The van der Waals surface area contributed by atoms with Crippen LogP contribution in [0.4, 0.5) is 0 Å². The van der Waals surface area contributed by atoms with Gasteiger partial charge in [-0.05, 0) is 46.6 Å². The molecule has 1 unspecified atom stereocenters. The van der Waals surface area contributed by atoms with E-state index < -0.39 is 11.9 Å². The van der Waals surface area contributed by atoms with Gasteiger partial charge in [-0.2, -0.15) is 0 Å². The fraction of sp³-hybridized carbons (Fsp3) is 0.400. The van der Waals surface area contributed by atoms with Gasteiger partial charge in [0.25, 0.3) is 0 Å². The van der Waals surface area contributed by atoms with Crippen LogP contribution in [0, 0.1) is 0 Å². The van der Waals surface area contributed by atoms with Crippen LogP contribution in [0.2, 0.25) is 0 Å². The second kappa shape index (κ2) is 7.65. The molecule has 96 valence electrons. The fourth-order valence-corrected chi connectivity index (χ4v) is 1.58. The minimum atomic E-state index is -0.635. The number of primary amides is 1. The third-order valence-electron chi connectivity index (χ3n) is 2.18. The lowest BCUT2D eigenvalue weighted by Gasteiger charge is -2.14. The van der Waals surface area contributed by atoms with E-state index in [9.17, 15) is 4.79 Å². The molecule has 1 atom stereocenters. The molecule has 18 heavy (non-hydrogen) atoms. The molecule has 1 heterocycles. The molecule has 0 fully saturated rings. The number of hydrogen-bond acceptors (Lipinski definition) is 4. The summed E-state index contributed by atoms with van der Waals surface area (Å²) in [6.07, 6.45) is 2.23. The molecular formula is C10H13BrN6O. The Hall–Kier alpha value is -1.63. The molecule has 0 saturated carbocycles. The monoisotopic (exact) mass is 312 g/mol. The Morgan fingerprint density at radius 3 is 3.00 bits per heavy atom. The number of azide groups is 1. The number of hydrogen-bond donors (Lipinski definition) is 2. The van der Waals surface area contributed by atoms with Crippen LogP contribution in [0.1, 0.15) is 18.2 Å². The summed E-state index contributed by atoms with van der Waals surface area (Å²) in [5.41, 5.74) is 14.0. The molecule has 0 aliphatic carbocycles. The number of aromatic nitrogens is 1. The zero-order valence-corrected chi connectivity index (χ0v) is 11.2. The maximum Gasteiger partial charge on any atom is 0.240 e. The van der Waals surface area contributed by atoms with Gasteiger partial charge in [0.2, 0.25) is 5.91 Å². The molecule has 0 bridgehead atoms. The van der Waals surface area contributed by atoms with E-state index in [1.165, 1.54) is 0 Å². The van der Waals surface area contributed by atoms with E-state index in [1.54, 1.807) is 18.3 Å². The number of rotatable bonds is 7. The molecule has 7 nitrogen and oxygen atoms in total. The summed E-state index contributed by atoms with van der Waals surface area (Å²) < 4.78 is 0.831. The highest BCUT2D eigenvalue weighted by molar-refractivity contribution is 9.10. The quantitative estimate of drug-likeness (QED) is 0.345. The van der Waals surface area contributed by atoms with E-state index in [2.05, 4.69) is 36.3 Å². The van der Waals surface area contributed by atoms with Crippen molar-refractivity contribution < 1.29 is 4.79 Å². The van der Waals surface area contributed by atoms with Crippen LogP contribution < -0.4 is 11.1 Å². The molecule has 0 radical (unpaired) electrons. The van der Waals surface area contributed by atoms with E-state index >= 15 is 0 Å². The Morgan fingerprint density at radius 2 is 2.44 bits per heavy atom. The summed E-state index contributed by atoms with van der Waals surface area (Å²) in [5, 5.41) is 6.38. The highest BCUT2D eigenvalue weighted by atomic mass is 79.9. The number of amides is 1. The lowest BCUT2D eigenvalue weighted by molar-refractivity contribution is -0.120. The van der Waals surface area contributed by atoms with Crippen LogP contribution in [0.25, 0.3) is 10.4 Å². The lowest BCUT2D eigenvalue weighted by Crippen LogP contribution is -2.35. The van der Waals surface area contributed by atoms with Gasteiger partial charge in [0.1, 0.15) is 6.04 Å². The topological polar surface area (TPSA) is 117 Å². The molecule has 0 saturated heterocycles. The van der Waals surface area contributed by atoms with Gasteiger partial charge in [-0.1, -0.05) is 5.11 Å². The first-order valence-corrected chi connectivity index (χ1v) is 6.09. The van der Waals surface area contributed by atoms with Gasteiger partial charge >= 0.3 is 0 Å². The molecular weight excluding hydrogens is 300 g/mol. The number of carbonyl (C=O) groups excluding carboxylic acids is 1. The molecule has 1 aromatic heterocycles. The van der Waals surface area contributed by atoms with E-state index in [4.69, 9.17) is 11.3 Å². The average molecular weight is 313 g/mol. The van der Waals surface area contributed by atoms with Gasteiger partial charge in [-0.15, -0.1) is 0 Å². The van der Waals surface area contributed by atoms with Gasteiger partial charge < -0.3 is 11.1 Å². The second-order valence-electron chi connectivity index (χ2n) is 3.50. The third kappa shape index (κ3) is 4.70. The normalized spacial score (nSPS) is 11.6. The van der Waals surface area contributed by atoms with Gasteiger partial charge in [0.05, 0.1) is 5.69 Å². The minimum absolute atomic E-state index is 0.378. The Bertz CT molecular complexity index is 442. The van der Waals surface area contributed by atoms with Crippen LogP contribution >= 0.6 is 15.9 Å². The lowest BCUT2D eigenvalue weighted by atomic mass is 10.1. The number of pyridine rings is 1. The molecule has 1 aromatic rings. The van der Waals surface area contributed by atoms with Crippen molar-refractivity contribution in [1.29, 1.82) is 0 Å². The molecule has 0 aliphatic heterocycles. The van der Waals surface area contributed by atoms with Gasteiger partial charge in [0, 0.05) is 22.1 Å². The number of nitrogens with zero attached hydrogens (tertiary/aromatic N) is 4. The van der Waals surface area contributed by atoms with E-state index in [-0.39, 0.29) is 0 Å². The van der Waals surface area contributed by atoms with Gasteiger partial charge in [-0.25, -0.2) is 0 Å². The fourth-order valence-electron chi connectivity index (χ4n) is 1.35. The molecule has 1 rings (SSSR count). The standard InChI is InChI=1S/C10H13BrN6O/c11-7-2-3-8(15-6-7)9(10(12)18)14-4-1-5-16-17-13/h2-3,6,9,14H,1,4-5H2,(H2,12,18). The Morgan fingerprint density at radius 1 is 1.67 bits per heavy atom. The van der Waals surface area contributed by atoms with Crippen molar-refractivity contribution in [2.24, 2.45) is 10.8 Å². The van der Waals surface area contributed by atoms with Crippen molar-refractivity contribution in [3.8, 4) is 0 Å². The third-order valence-corrected chi connectivity index (χ3v) is 2.65. The van der Waals surface area contributed by atoms with E-state index in [1.807, 2.05) is 0 Å². The van der Waals surface area contributed by atoms with Crippen molar-refractivity contribution in [3.05, 3.63) is 38.9 Å². The van der Waals surface area contributed by atoms with Gasteiger partial charge in [0.15, 0.2) is 0 Å². The van der Waals surface area contributed by atoms with E-state index in [0.29, 0.717) is 25.2 Å². The van der Waals surface area contributed by atoms with Crippen LogP contribution in [-0.2, 0) is 4.79 Å². The van der Waals surface area contributed by atoms with Crippen molar-refractivity contribution in [1.82, 2.24) is 10.3 Å². The Labute approximate surface area is 113 Å². The first-order valence-electron chi connectivity index (χ1n) is 5.30. The van der Waals surface area contributed by atoms with Crippen LogP contribution in [0.3, 0.4) is 0 Å². The maximum absolute atomic E-state index is 11.3. The summed E-state index contributed by atoms with van der Waals surface area (Å²) >= 11 is 3.27. The van der Waals surface area contributed by atoms with Crippen molar-refractivity contribution >= 4 is 21.8 Å². The van der Waals surface area contributed by atoms with Gasteiger partial charge in [-0.3, -0.25) is 9.78 Å². The zero-order chi connectivity index (χ0) is 13.4. The molecule has 0 spiro atoms. The van der Waals surface area contributed by atoms with Crippen LogP contribution in [0.15, 0.2) is 27.9 Å². The number of carbonyl (C=O) groups is 1. The average Bonchev–Trinajstić information content (AvgIpc) is 2.35. The maximum atomic E-state index is 11.3. The molecule has 8 heteroatoms. The predicted octanol–water partition coefficient (Wildman–Crippen LogP) is 1.66. The highest BCUT2D eigenvalue weighted by Gasteiger charge is 2.17. The molecule has 3 N–H and O–H groups in total. The smallest absolute Gasteiger partial charge is 0.240 e. The number of nitrogens with two attached hydrogens (primary N) is 1. The van der Waals surface area contributed by atoms with Crippen LogP contribution in [-0.4, -0.2) is 24.0 Å². The summed E-state index contributed by atoms with van der Waals surface area (Å²) in [5.74, 6) is -0.492. The van der Waals surface area contributed by atoms with Crippen LogP contribution in [0.5, 0.6) is 0 Å². The molecule has 1 amide bonds. The minimum Gasteiger partial charge on any atom is -0.368 e. The largest absolute Gasteiger partial charge is 0.368 e. The number of halogens is 1. The second-order valence-corrected chi connectivity index (χ2v) is 4.41. The zero-order valence-electron chi connectivity index (χ0n) is 9.58. The summed E-state index contributed by atoms with van der Waals surface area (Å²) in [7, 11) is 0. The Balaban J connectivity index is 2.57. The van der Waals surface area contributed by atoms with Crippen molar-refractivity contribution in [3.63, 3.8) is 0 Å². The first-order chi connectivity index (χ1) is 8.65. The number of nitrogens with one attached hydrogen (secondary N) is 1. The van der Waals surface area contributed by atoms with E-state index in [0.717, 1.165) is 4.47 Å². The Kier molecular flexibility index (Phi) is 6.13. The first kappa shape index (κ1) is 14.4. The van der Waals surface area contributed by atoms with Crippen molar-refractivity contribution in [2.45, 2.75) is 12.5 Å². The summed E-state index contributed by atoms with van der Waals surface area (Å²) in [6.45, 7) is 0.896.